The molecule has 0 unspecified atom stereocenters. The molecule has 4 rings (SSSR count). The van der Waals surface area contributed by atoms with Gasteiger partial charge in [0.2, 0.25) is 5.91 Å². The van der Waals surface area contributed by atoms with Crippen molar-refractivity contribution < 1.29 is 14.4 Å². The molecular weight excluding hydrogens is 342 g/mol. The number of nitrogens with one attached hydrogen (secondary N) is 2. The van der Waals surface area contributed by atoms with Gasteiger partial charge in [0, 0.05) is 6.04 Å². The molecule has 6 nitrogen and oxygen atoms in total. The summed E-state index contributed by atoms with van der Waals surface area (Å²) in [5.74, 6) is -0.682. The summed E-state index contributed by atoms with van der Waals surface area (Å²) in [5.41, 5.74) is -0.455. The van der Waals surface area contributed by atoms with Crippen molar-refractivity contribution in [1.82, 2.24) is 15.5 Å². The highest BCUT2D eigenvalue weighted by atomic mass is 16.2. The number of nitrogens with zero attached hydrogens (tertiary/aromatic N) is 1. The van der Waals surface area contributed by atoms with E-state index in [2.05, 4.69) is 10.6 Å². The van der Waals surface area contributed by atoms with Crippen LogP contribution in [0.5, 0.6) is 0 Å². The van der Waals surface area contributed by atoms with Crippen LogP contribution in [0, 0.1) is 0 Å². The van der Waals surface area contributed by atoms with Crippen molar-refractivity contribution in [2.24, 2.45) is 0 Å². The summed E-state index contributed by atoms with van der Waals surface area (Å²) in [7, 11) is 0. The molecule has 1 saturated heterocycles. The van der Waals surface area contributed by atoms with Crippen LogP contribution in [0.2, 0.25) is 0 Å². The maximum Gasteiger partial charge on any atom is 0.325 e. The van der Waals surface area contributed by atoms with Gasteiger partial charge in [-0.1, -0.05) is 55.3 Å². The first-order chi connectivity index (χ1) is 13.0. The molecule has 1 aliphatic carbocycles. The number of rotatable bonds is 4. The van der Waals surface area contributed by atoms with E-state index in [9.17, 15) is 14.4 Å². The Morgan fingerprint density at radius 1 is 1.15 bits per heavy atom. The molecule has 2 N–H and O–H groups in total. The van der Waals surface area contributed by atoms with Crippen LogP contribution in [0.4, 0.5) is 4.79 Å². The minimum Gasteiger partial charge on any atom is -0.352 e. The highest BCUT2D eigenvalue weighted by Crippen LogP contribution is 2.33. The Morgan fingerprint density at radius 3 is 2.63 bits per heavy atom. The highest BCUT2D eigenvalue weighted by Gasteiger charge is 2.50. The number of hydrogen-bond donors (Lipinski definition) is 2. The Balaban J connectivity index is 1.58. The fraction of sp³-hybridized carbons (Fsp3) is 0.381. The van der Waals surface area contributed by atoms with E-state index >= 15 is 0 Å². The second-order valence-corrected chi connectivity index (χ2v) is 7.52. The third-order valence-corrected chi connectivity index (χ3v) is 5.63. The Bertz CT molecular complexity index is 915. The number of carbonyl (C=O) groups excluding carboxylic acids is 3. The van der Waals surface area contributed by atoms with Crippen molar-refractivity contribution in [2.45, 2.75) is 44.2 Å². The van der Waals surface area contributed by atoms with E-state index in [1.807, 2.05) is 42.5 Å². The molecule has 1 atom stereocenters. The van der Waals surface area contributed by atoms with Crippen LogP contribution in [0.25, 0.3) is 10.8 Å². The van der Waals surface area contributed by atoms with Crippen molar-refractivity contribution in [1.29, 1.82) is 0 Å². The third kappa shape index (κ3) is 3.05. The Hall–Kier alpha value is -2.89. The van der Waals surface area contributed by atoms with Crippen LogP contribution in [0.15, 0.2) is 42.5 Å². The molecule has 2 aliphatic rings. The fourth-order valence-corrected chi connectivity index (χ4v) is 4.17. The summed E-state index contributed by atoms with van der Waals surface area (Å²) in [6.07, 6.45) is 4.12. The van der Waals surface area contributed by atoms with Crippen molar-refractivity contribution >= 4 is 28.6 Å². The molecule has 1 heterocycles. The summed E-state index contributed by atoms with van der Waals surface area (Å²) in [4.78, 5) is 39.0. The second-order valence-electron chi connectivity index (χ2n) is 7.52. The van der Waals surface area contributed by atoms with E-state index in [1.54, 1.807) is 6.92 Å². The molecule has 1 saturated carbocycles. The van der Waals surface area contributed by atoms with Gasteiger partial charge in [-0.15, -0.1) is 0 Å². The van der Waals surface area contributed by atoms with Gasteiger partial charge < -0.3 is 10.6 Å². The Kier molecular flexibility index (Phi) is 4.34. The topological polar surface area (TPSA) is 78.5 Å². The fourth-order valence-electron chi connectivity index (χ4n) is 4.17. The van der Waals surface area contributed by atoms with Gasteiger partial charge in [0.15, 0.2) is 0 Å². The van der Waals surface area contributed by atoms with Crippen LogP contribution in [-0.2, 0) is 15.1 Å². The average molecular weight is 365 g/mol. The summed E-state index contributed by atoms with van der Waals surface area (Å²) >= 11 is 0. The molecule has 2 fully saturated rings. The lowest BCUT2D eigenvalue weighted by atomic mass is 9.88. The molecule has 4 amide bonds. The highest BCUT2D eigenvalue weighted by molar-refractivity contribution is 6.10. The van der Waals surface area contributed by atoms with E-state index in [1.165, 1.54) is 0 Å². The van der Waals surface area contributed by atoms with Crippen LogP contribution in [-0.4, -0.2) is 35.3 Å². The standard InChI is InChI=1S/C21H23N3O3/c1-21(17-12-6-8-14-7-2-5-11-16(14)17)19(26)24(20(27)23-21)13-18(25)22-15-9-3-4-10-15/h2,5-8,11-12,15H,3-4,9-10,13H2,1H3,(H,22,25)(H,23,27)/t21-/m1/s1. The quantitative estimate of drug-likeness (QED) is 0.818. The molecule has 0 aromatic heterocycles. The molecule has 140 valence electrons. The summed E-state index contributed by atoms with van der Waals surface area (Å²) in [5, 5.41) is 7.63. The van der Waals surface area contributed by atoms with Gasteiger partial charge in [-0.3, -0.25) is 14.5 Å². The Morgan fingerprint density at radius 2 is 1.85 bits per heavy atom. The van der Waals surface area contributed by atoms with Crippen LogP contribution in [0.3, 0.4) is 0 Å². The van der Waals surface area contributed by atoms with Gasteiger partial charge in [0.25, 0.3) is 5.91 Å². The molecular formula is C21H23N3O3. The third-order valence-electron chi connectivity index (χ3n) is 5.63. The summed E-state index contributed by atoms with van der Waals surface area (Å²) in [6.45, 7) is 1.45. The first-order valence-electron chi connectivity index (χ1n) is 9.41. The van der Waals surface area contributed by atoms with Gasteiger partial charge >= 0.3 is 6.03 Å². The number of carbonyl (C=O) groups is 3. The van der Waals surface area contributed by atoms with Gasteiger partial charge in [-0.2, -0.15) is 0 Å². The SMILES string of the molecule is C[C@]1(c2cccc3ccccc23)NC(=O)N(CC(=O)NC2CCCC2)C1=O. The van der Waals surface area contributed by atoms with E-state index < -0.39 is 17.5 Å². The summed E-state index contributed by atoms with van der Waals surface area (Å²) in [6, 6.07) is 13.1. The largest absolute Gasteiger partial charge is 0.352 e. The van der Waals surface area contributed by atoms with Crippen molar-refractivity contribution in [2.75, 3.05) is 6.54 Å². The Labute approximate surface area is 157 Å². The molecule has 0 radical (unpaired) electrons. The molecule has 27 heavy (non-hydrogen) atoms. The van der Waals surface area contributed by atoms with Gasteiger partial charge in [0.05, 0.1) is 0 Å². The maximum absolute atomic E-state index is 13.1. The van der Waals surface area contributed by atoms with Gasteiger partial charge in [0.1, 0.15) is 12.1 Å². The number of urea groups is 1. The number of amides is 4. The zero-order valence-corrected chi connectivity index (χ0v) is 15.3. The van der Waals surface area contributed by atoms with Crippen LogP contribution in [0.1, 0.15) is 38.2 Å². The first-order valence-corrected chi connectivity index (χ1v) is 9.41. The second kappa shape index (κ2) is 6.68. The van der Waals surface area contributed by atoms with E-state index in [0.29, 0.717) is 0 Å². The number of fused-ring (bicyclic) bond motifs is 1. The van der Waals surface area contributed by atoms with Crippen molar-refractivity contribution in [3.8, 4) is 0 Å². The molecule has 0 spiro atoms. The normalized spacial score (nSPS) is 23.1. The van der Waals surface area contributed by atoms with Gasteiger partial charge in [-0.05, 0) is 36.1 Å². The predicted molar refractivity (Wildman–Crippen MR) is 102 cm³/mol. The molecule has 2 aromatic carbocycles. The lowest BCUT2D eigenvalue weighted by Crippen LogP contribution is -2.45. The lowest BCUT2D eigenvalue weighted by Gasteiger charge is -2.24. The number of imide groups is 1. The minimum absolute atomic E-state index is 0.155. The van der Waals surface area contributed by atoms with Crippen LogP contribution < -0.4 is 10.6 Å². The maximum atomic E-state index is 13.1. The minimum atomic E-state index is -1.19. The molecule has 6 heteroatoms. The summed E-state index contributed by atoms with van der Waals surface area (Å²) < 4.78 is 0. The molecule has 0 bridgehead atoms. The molecule has 1 aliphatic heterocycles. The first kappa shape index (κ1) is 17.5. The number of hydrogen-bond acceptors (Lipinski definition) is 3. The van der Waals surface area contributed by atoms with E-state index in [4.69, 9.17) is 0 Å². The zero-order valence-electron chi connectivity index (χ0n) is 15.3. The smallest absolute Gasteiger partial charge is 0.325 e. The zero-order chi connectivity index (χ0) is 19.0. The number of benzene rings is 2. The monoisotopic (exact) mass is 365 g/mol. The van der Waals surface area contributed by atoms with E-state index in [-0.39, 0.29) is 18.5 Å². The lowest BCUT2D eigenvalue weighted by molar-refractivity contribution is -0.135. The average Bonchev–Trinajstić information content (AvgIpc) is 3.24. The van der Waals surface area contributed by atoms with Crippen molar-refractivity contribution in [3.63, 3.8) is 0 Å². The molecule has 2 aromatic rings. The van der Waals surface area contributed by atoms with E-state index in [0.717, 1.165) is 46.9 Å². The van der Waals surface area contributed by atoms with Crippen molar-refractivity contribution in [3.05, 3.63) is 48.0 Å². The predicted octanol–water partition coefficient (Wildman–Crippen LogP) is 2.67. The van der Waals surface area contributed by atoms with Gasteiger partial charge in [-0.25, -0.2) is 4.79 Å². The van der Waals surface area contributed by atoms with Crippen LogP contribution >= 0.6 is 0 Å².